The Kier molecular flexibility index (Phi) is 13.7. The molecule has 0 radical (unpaired) electrons. The molecule has 2 aliphatic carbocycles. The van der Waals surface area contributed by atoms with Crippen molar-refractivity contribution in [3.63, 3.8) is 0 Å². The number of amides is 1. The Morgan fingerprint density at radius 1 is 1.00 bits per heavy atom. The molecule has 10 heteroatoms. The fourth-order valence-corrected chi connectivity index (χ4v) is 9.13. The summed E-state index contributed by atoms with van der Waals surface area (Å²) < 4.78 is 26.3. The van der Waals surface area contributed by atoms with Gasteiger partial charge in [-0.25, -0.2) is 4.79 Å². The Hall–Kier alpha value is -4.64. The van der Waals surface area contributed by atoms with Crippen molar-refractivity contribution in [2.45, 2.75) is 76.2 Å². The second-order valence-electron chi connectivity index (χ2n) is 14.5. The van der Waals surface area contributed by atoms with Gasteiger partial charge in [-0.1, -0.05) is 85.3 Å². The van der Waals surface area contributed by atoms with Crippen LogP contribution in [0.1, 0.15) is 68.9 Å². The molecule has 0 bridgehead atoms. The third kappa shape index (κ3) is 8.32. The van der Waals surface area contributed by atoms with Crippen molar-refractivity contribution < 1.29 is 38.8 Å². The number of aliphatic hydroxyl groups excluding tert-OH is 2. The minimum Gasteiger partial charge on any atom is -0.490 e. The van der Waals surface area contributed by atoms with E-state index in [1.165, 1.54) is 0 Å². The fraction of sp³-hybridized carbons (Fsp3) is 0.467. The minimum absolute atomic E-state index is 0.0969. The maximum Gasteiger partial charge on any atom is 0.410 e. The molecule has 0 saturated heterocycles. The van der Waals surface area contributed by atoms with Gasteiger partial charge >= 0.3 is 6.09 Å². The van der Waals surface area contributed by atoms with Gasteiger partial charge in [0.1, 0.15) is 31.3 Å². The molecule has 3 aromatic carbocycles. The highest BCUT2D eigenvalue weighted by molar-refractivity contribution is 6.03. The van der Waals surface area contributed by atoms with Gasteiger partial charge in [0, 0.05) is 31.1 Å². The summed E-state index contributed by atoms with van der Waals surface area (Å²) >= 11 is 0. The Balaban J connectivity index is 1.60. The molecule has 10 nitrogen and oxygen atoms in total. The van der Waals surface area contributed by atoms with Crippen molar-refractivity contribution in [2.75, 3.05) is 40.1 Å². The van der Waals surface area contributed by atoms with Crippen LogP contribution in [0.4, 0.5) is 4.79 Å². The van der Waals surface area contributed by atoms with Gasteiger partial charge < -0.3 is 34.0 Å². The molecule has 0 aromatic heterocycles. The van der Waals surface area contributed by atoms with Crippen LogP contribution in [0.2, 0.25) is 0 Å². The Morgan fingerprint density at radius 3 is 2.51 bits per heavy atom. The lowest BCUT2D eigenvalue weighted by Gasteiger charge is -2.59. The molecule has 3 aliphatic rings. The quantitative estimate of drug-likeness (QED) is 0.0713. The monoisotopic (exact) mass is 752 g/mol. The van der Waals surface area contributed by atoms with Crippen LogP contribution in [0.15, 0.2) is 103 Å². The Bertz CT molecular complexity index is 1850. The predicted molar refractivity (Wildman–Crippen MR) is 214 cm³/mol. The van der Waals surface area contributed by atoms with Crippen molar-refractivity contribution in [1.82, 2.24) is 4.90 Å². The second-order valence-corrected chi connectivity index (χ2v) is 14.5. The lowest BCUT2D eigenvalue weighted by molar-refractivity contribution is -0.256. The molecule has 0 spiro atoms. The first-order valence-corrected chi connectivity index (χ1v) is 19.7. The number of hydrogen-bond acceptors (Lipinski definition) is 9. The predicted octanol–water partition coefficient (Wildman–Crippen LogP) is 8.33. The van der Waals surface area contributed by atoms with Crippen molar-refractivity contribution in [2.24, 2.45) is 22.9 Å². The second kappa shape index (κ2) is 18.8. The summed E-state index contributed by atoms with van der Waals surface area (Å²) in [5.74, 6) is -0.408. The van der Waals surface area contributed by atoms with E-state index >= 15 is 0 Å². The van der Waals surface area contributed by atoms with Gasteiger partial charge in [0.15, 0.2) is 0 Å². The van der Waals surface area contributed by atoms with E-state index in [1.807, 2.05) is 43.3 Å². The van der Waals surface area contributed by atoms with Gasteiger partial charge in [-0.2, -0.15) is 0 Å². The number of ether oxygens (including phenoxy) is 4. The molecule has 294 valence electrons. The van der Waals surface area contributed by atoms with Crippen molar-refractivity contribution in [3.05, 3.63) is 109 Å². The van der Waals surface area contributed by atoms with Crippen molar-refractivity contribution in [1.29, 1.82) is 0 Å². The normalized spacial score (nSPS) is 24.5. The number of hydrogen-bond donors (Lipinski definition) is 2. The summed E-state index contributed by atoms with van der Waals surface area (Å²) in [4.78, 5) is 21.8. The molecule has 0 unspecified atom stereocenters. The molecule has 1 amide bonds. The molecule has 6 atom stereocenters. The summed E-state index contributed by atoms with van der Waals surface area (Å²) in [6.07, 6.45) is 10.3. The molecule has 55 heavy (non-hydrogen) atoms. The molecular weight excluding hydrogens is 697 g/mol. The van der Waals surface area contributed by atoms with Crippen LogP contribution < -0.4 is 9.47 Å². The van der Waals surface area contributed by atoms with Crippen LogP contribution in [0.3, 0.4) is 0 Å². The molecule has 1 heterocycles. The standard InChI is InChI=1S/C45H56N2O8/c1-5-25-53-34-21-22-40-38(28-34)42-36(20-11-13-24-49)32(16-10-12-23-48)27-37-39(46-51-4)29-41(45(55-40,43(37)42)54-26-6-2)47(44(50)52-7-3)30-33-18-14-17-31-15-8-9-19-35(31)33/h5-6,8-9,14-15,17-19,21-22,27-28,32,36,41-43,48-49H,1-2,7,10-13,16,20,23-26,29-30H2,3-4H3/t32-,36+,41-,42+,43+,45+/m0/s1. The first-order chi connectivity index (χ1) is 26.9. The van der Waals surface area contributed by atoms with Gasteiger partial charge in [-0.15, -0.1) is 6.58 Å². The van der Waals surface area contributed by atoms with E-state index in [0.29, 0.717) is 30.9 Å². The number of nitrogens with zero attached hydrogens (tertiary/aromatic N) is 2. The molecule has 1 fully saturated rings. The minimum atomic E-state index is -1.39. The molecule has 1 saturated carbocycles. The average Bonchev–Trinajstić information content (AvgIpc) is 3.20. The van der Waals surface area contributed by atoms with Crippen LogP contribution in [0.5, 0.6) is 11.5 Å². The number of carbonyl (C=O) groups is 1. The number of fused-ring (bicyclic) bond motifs is 3. The smallest absolute Gasteiger partial charge is 0.410 e. The summed E-state index contributed by atoms with van der Waals surface area (Å²) in [5.41, 5.74) is 3.64. The van der Waals surface area contributed by atoms with Gasteiger partial charge in [-0.05, 0) is 84.6 Å². The van der Waals surface area contributed by atoms with Crippen LogP contribution >= 0.6 is 0 Å². The highest BCUT2D eigenvalue weighted by atomic mass is 16.7. The van der Waals surface area contributed by atoms with Gasteiger partial charge in [0.25, 0.3) is 0 Å². The van der Waals surface area contributed by atoms with Crippen molar-refractivity contribution >= 4 is 22.6 Å². The van der Waals surface area contributed by atoms with Gasteiger partial charge in [-0.3, -0.25) is 4.90 Å². The number of benzene rings is 3. The highest BCUT2D eigenvalue weighted by Gasteiger charge is 2.65. The first-order valence-electron chi connectivity index (χ1n) is 19.7. The van der Waals surface area contributed by atoms with Crippen LogP contribution in [-0.2, 0) is 20.9 Å². The van der Waals surface area contributed by atoms with Crippen LogP contribution in [0.25, 0.3) is 10.8 Å². The van der Waals surface area contributed by atoms with E-state index < -0.39 is 23.8 Å². The Labute approximate surface area is 325 Å². The third-order valence-electron chi connectivity index (χ3n) is 11.3. The highest BCUT2D eigenvalue weighted by Crippen LogP contribution is 2.62. The van der Waals surface area contributed by atoms with E-state index in [2.05, 4.69) is 48.7 Å². The zero-order valence-corrected chi connectivity index (χ0v) is 32.2. The maximum atomic E-state index is 14.4. The molecular formula is C45H56N2O8. The Morgan fingerprint density at radius 2 is 1.76 bits per heavy atom. The van der Waals surface area contributed by atoms with Crippen molar-refractivity contribution in [3.8, 4) is 11.5 Å². The zero-order valence-electron chi connectivity index (χ0n) is 32.2. The van der Waals surface area contributed by atoms with Gasteiger partial charge in [0.2, 0.25) is 5.79 Å². The maximum absolute atomic E-state index is 14.4. The lowest BCUT2D eigenvalue weighted by atomic mass is 9.55. The molecule has 2 N–H and O–H groups in total. The average molecular weight is 753 g/mol. The number of allylic oxidation sites excluding steroid dienone is 1. The van der Waals surface area contributed by atoms with Crippen LogP contribution in [0, 0.1) is 17.8 Å². The van der Waals surface area contributed by atoms with Gasteiger partial charge in [0.05, 0.1) is 31.4 Å². The third-order valence-corrected chi connectivity index (χ3v) is 11.3. The lowest BCUT2D eigenvalue weighted by Crippen LogP contribution is -2.70. The number of oxime groups is 1. The topological polar surface area (TPSA) is 119 Å². The van der Waals surface area contributed by atoms with E-state index in [1.54, 1.807) is 24.2 Å². The molecule has 6 rings (SSSR count). The van der Waals surface area contributed by atoms with E-state index in [0.717, 1.165) is 58.9 Å². The van der Waals surface area contributed by atoms with E-state index in [4.69, 9.17) is 23.8 Å². The number of unbranched alkanes of at least 4 members (excludes halogenated alkanes) is 2. The number of carbonyl (C=O) groups excluding carboxylic acids is 1. The number of rotatable bonds is 19. The first kappa shape index (κ1) is 40.0. The summed E-state index contributed by atoms with van der Waals surface area (Å²) in [6.45, 7) is 10.8. The molecule has 1 aliphatic heterocycles. The van der Waals surface area contributed by atoms with Crippen LogP contribution in [-0.4, -0.2) is 78.9 Å². The summed E-state index contributed by atoms with van der Waals surface area (Å²) in [6, 6.07) is 19.5. The largest absolute Gasteiger partial charge is 0.490 e. The molecule has 3 aromatic rings. The van der Waals surface area contributed by atoms with E-state index in [9.17, 15) is 15.0 Å². The van der Waals surface area contributed by atoms with E-state index in [-0.39, 0.29) is 57.1 Å². The fourth-order valence-electron chi connectivity index (χ4n) is 9.13. The summed E-state index contributed by atoms with van der Waals surface area (Å²) in [5, 5.41) is 26.4. The number of aliphatic hydroxyl groups is 2. The zero-order chi connectivity index (χ0) is 38.8. The summed E-state index contributed by atoms with van der Waals surface area (Å²) in [7, 11) is 1.55. The SMILES string of the molecule is C=CCOc1ccc2c(c1)[C@H]1[C@H](CCCCO)[C@@H](CCCCO)C=C3C(=NOC)C[C@H](N(Cc4cccc5ccccc45)C(=O)OCC)[C@@](OCC=C)(O2)[C@H]31.